The number of nitrogens with one attached hydrogen (secondary N) is 1. The highest BCUT2D eigenvalue weighted by molar-refractivity contribution is 6.30. The van der Waals surface area contributed by atoms with Crippen LogP contribution in [0.3, 0.4) is 0 Å². The van der Waals surface area contributed by atoms with Crippen molar-refractivity contribution >= 4 is 17.5 Å². The summed E-state index contributed by atoms with van der Waals surface area (Å²) in [6.07, 6.45) is -13.5. The van der Waals surface area contributed by atoms with Crippen LogP contribution in [-0.4, -0.2) is 77.8 Å². The van der Waals surface area contributed by atoms with Gasteiger partial charge in [0.1, 0.15) is 6.54 Å². The predicted molar refractivity (Wildman–Crippen MR) is 133 cm³/mol. The molecule has 0 aliphatic carbocycles. The second-order valence-electron chi connectivity index (χ2n) is 10.1. The molecule has 220 valence electrons. The van der Waals surface area contributed by atoms with Gasteiger partial charge in [-0.1, -0.05) is 11.6 Å². The number of halogens is 7. The molecule has 4 rings (SSSR count). The first-order valence-electron chi connectivity index (χ1n) is 12.2. The largest absolute Gasteiger partial charge is 0.416 e. The highest BCUT2D eigenvalue weighted by Gasteiger charge is 2.39. The van der Waals surface area contributed by atoms with Gasteiger partial charge >= 0.3 is 18.0 Å². The summed E-state index contributed by atoms with van der Waals surface area (Å²) in [5.74, 6) is -0.0587. The number of aromatic nitrogens is 6. The molecule has 3 aromatic rings. The van der Waals surface area contributed by atoms with Crippen molar-refractivity contribution in [3.63, 3.8) is 0 Å². The SMILES string of the molecule is CC1(C)CN(c2nc(Cn3nc(-c4ccc(Cl)cc4)n(C[C@H](O)C(F)(F)F)c3=O)nn2CCC(F)(F)F)CCN1. The minimum atomic E-state index is -5.00. The van der Waals surface area contributed by atoms with E-state index in [2.05, 4.69) is 20.5 Å². The molecule has 0 spiro atoms. The molecular formula is C23H27ClF6N8O2. The molecule has 1 atom stereocenters. The molecule has 40 heavy (non-hydrogen) atoms. The van der Waals surface area contributed by atoms with Crippen molar-refractivity contribution in [2.24, 2.45) is 0 Å². The average Bonchev–Trinajstić information content (AvgIpc) is 3.38. The zero-order valence-corrected chi connectivity index (χ0v) is 22.2. The van der Waals surface area contributed by atoms with Gasteiger partial charge in [-0.2, -0.15) is 36.4 Å². The first kappa shape index (κ1) is 29.9. The summed E-state index contributed by atoms with van der Waals surface area (Å²) in [6, 6.07) is 5.80. The number of hydrogen-bond donors (Lipinski definition) is 2. The highest BCUT2D eigenvalue weighted by atomic mass is 35.5. The van der Waals surface area contributed by atoms with Crippen LogP contribution in [0.2, 0.25) is 5.02 Å². The molecular weight excluding hydrogens is 570 g/mol. The number of hydrogen-bond acceptors (Lipinski definition) is 7. The Kier molecular flexibility index (Phi) is 8.25. The summed E-state index contributed by atoms with van der Waals surface area (Å²) < 4.78 is 81.0. The Morgan fingerprint density at radius 2 is 1.77 bits per heavy atom. The predicted octanol–water partition coefficient (Wildman–Crippen LogP) is 3.07. The van der Waals surface area contributed by atoms with Gasteiger partial charge in [0.15, 0.2) is 17.8 Å². The molecule has 3 heterocycles. The maximum absolute atomic E-state index is 13.2. The van der Waals surface area contributed by atoms with E-state index < -0.39 is 50.2 Å². The van der Waals surface area contributed by atoms with Gasteiger partial charge in [0.25, 0.3) is 0 Å². The number of aliphatic hydroxyl groups is 1. The van der Waals surface area contributed by atoms with E-state index in [-0.39, 0.29) is 28.7 Å². The zero-order valence-electron chi connectivity index (χ0n) is 21.5. The van der Waals surface area contributed by atoms with E-state index in [1.54, 1.807) is 4.90 Å². The summed E-state index contributed by atoms with van der Waals surface area (Å²) in [5, 5.41) is 21.6. The van der Waals surface area contributed by atoms with E-state index in [4.69, 9.17) is 11.6 Å². The molecule has 1 fully saturated rings. The number of aryl methyl sites for hydroxylation is 1. The van der Waals surface area contributed by atoms with Crippen LogP contribution in [0.5, 0.6) is 0 Å². The summed E-state index contributed by atoms with van der Waals surface area (Å²) in [6.45, 7) is 3.18. The van der Waals surface area contributed by atoms with Gasteiger partial charge in [-0.15, -0.1) is 5.10 Å². The number of alkyl halides is 6. The Morgan fingerprint density at radius 1 is 1.10 bits per heavy atom. The number of benzene rings is 1. The number of piperazine rings is 1. The molecule has 0 radical (unpaired) electrons. The maximum atomic E-state index is 13.2. The van der Waals surface area contributed by atoms with Crippen LogP contribution < -0.4 is 15.9 Å². The fourth-order valence-electron chi connectivity index (χ4n) is 4.31. The fraction of sp³-hybridized carbons (Fsp3) is 0.565. The lowest BCUT2D eigenvalue weighted by molar-refractivity contribution is -0.207. The fourth-order valence-corrected chi connectivity index (χ4v) is 4.43. The number of rotatable bonds is 8. The minimum absolute atomic E-state index is 0.0562. The van der Waals surface area contributed by atoms with E-state index in [0.29, 0.717) is 29.2 Å². The van der Waals surface area contributed by atoms with Crippen LogP contribution in [0, 0.1) is 0 Å². The summed E-state index contributed by atoms with van der Waals surface area (Å²) in [5.41, 5.74) is -1.10. The first-order chi connectivity index (χ1) is 18.5. The summed E-state index contributed by atoms with van der Waals surface area (Å²) in [4.78, 5) is 19.3. The van der Waals surface area contributed by atoms with Crippen LogP contribution in [0.15, 0.2) is 29.1 Å². The van der Waals surface area contributed by atoms with Crippen molar-refractivity contribution in [3.8, 4) is 11.4 Å². The standard InChI is InChI=1S/C23H27ClF6N8O2/c1-21(2)13-35(10-8-31-21)19-32-17(33-37(19)9-7-22(25,26)27)12-38-20(40)36(11-16(39)23(28,29)30)18(34-38)14-3-5-15(24)6-4-14/h3-6,16,31,39H,7-13H2,1-2H3/t16-/m0/s1. The molecule has 0 bridgehead atoms. The summed E-state index contributed by atoms with van der Waals surface area (Å²) >= 11 is 5.90. The van der Waals surface area contributed by atoms with Gasteiger partial charge in [0.05, 0.1) is 19.5 Å². The molecule has 17 heteroatoms. The third-order valence-electron chi connectivity index (χ3n) is 6.21. The molecule has 2 aromatic heterocycles. The van der Waals surface area contributed by atoms with Gasteiger partial charge < -0.3 is 15.3 Å². The number of nitrogens with zero attached hydrogens (tertiary/aromatic N) is 7. The zero-order chi connectivity index (χ0) is 29.5. The average molecular weight is 597 g/mol. The van der Waals surface area contributed by atoms with Crippen molar-refractivity contribution < 1.29 is 31.4 Å². The van der Waals surface area contributed by atoms with Crippen LogP contribution >= 0.6 is 11.6 Å². The van der Waals surface area contributed by atoms with E-state index >= 15 is 0 Å². The molecule has 0 amide bonds. The molecule has 10 nitrogen and oxygen atoms in total. The van der Waals surface area contributed by atoms with Crippen LogP contribution in [0.25, 0.3) is 11.4 Å². The minimum Gasteiger partial charge on any atom is -0.382 e. The third kappa shape index (κ3) is 7.14. The van der Waals surface area contributed by atoms with Crippen molar-refractivity contribution in [1.29, 1.82) is 0 Å². The lowest BCUT2D eigenvalue weighted by atomic mass is 10.0. The molecule has 1 aliphatic rings. The Morgan fingerprint density at radius 3 is 2.38 bits per heavy atom. The Hall–Kier alpha value is -3.11. The molecule has 0 unspecified atom stereocenters. The van der Waals surface area contributed by atoms with E-state index in [1.165, 1.54) is 24.3 Å². The lowest BCUT2D eigenvalue weighted by Gasteiger charge is -2.39. The molecule has 0 saturated carbocycles. The second kappa shape index (κ2) is 11.0. The van der Waals surface area contributed by atoms with Crippen molar-refractivity contribution in [3.05, 3.63) is 45.6 Å². The Labute approximate surface area is 229 Å². The molecule has 2 N–H and O–H groups in total. The van der Waals surface area contributed by atoms with E-state index in [1.807, 2.05) is 13.8 Å². The van der Waals surface area contributed by atoms with Gasteiger partial charge in [-0.25, -0.2) is 14.2 Å². The van der Waals surface area contributed by atoms with Gasteiger partial charge in [-0.05, 0) is 38.1 Å². The number of anilines is 1. The smallest absolute Gasteiger partial charge is 0.382 e. The van der Waals surface area contributed by atoms with Crippen LogP contribution in [0.1, 0.15) is 26.1 Å². The van der Waals surface area contributed by atoms with E-state index in [0.717, 1.165) is 9.36 Å². The second-order valence-corrected chi connectivity index (χ2v) is 10.5. The molecule has 1 aliphatic heterocycles. The van der Waals surface area contributed by atoms with Crippen molar-refractivity contribution in [1.82, 2.24) is 34.4 Å². The molecule has 1 saturated heterocycles. The topological polar surface area (TPSA) is 106 Å². The van der Waals surface area contributed by atoms with Crippen molar-refractivity contribution in [2.75, 3.05) is 24.5 Å². The van der Waals surface area contributed by atoms with Crippen LogP contribution in [0.4, 0.5) is 32.3 Å². The first-order valence-corrected chi connectivity index (χ1v) is 12.6. The highest BCUT2D eigenvalue weighted by Crippen LogP contribution is 2.26. The van der Waals surface area contributed by atoms with E-state index in [9.17, 15) is 36.2 Å². The Balaban J connectivity index is 1.71. The van der Waals surface area contributed by atoms with Gasteiger partial charge in [0, 0.05) is 35.8 Å². The van der Waals surface area contributed by atoms with Crippen molar-refractivity contribution in [2.45, 2.75) is 63.9 Å². The number of aliphatic hydroxyl groups excluding tert-OH is 1. The van der Waals surface area contributed by atoms with Gasteiger partial charge in [-0.3, -0.25) is 4.57 Å². The monoisotopic (exact) mass is 596 g/mol. The molecule has 1 aromatic carbocycles. The third-order valence-corrected chi connectivity index (χ3v) is 6.46. The lowest BCUT2D eigenvalue weighted by Crippen LogP contribution is -2.57. The normalized spacial score (nSPS) is 16.9. The summed E-state index contributed by atoms with van der Waals surface area (Å²) in [7, 11) is 0. The van der Waals surface area contributed by atoms with Crippen LogP contribution in [-0.2, 0) is 19.6 Å². The maximum Gasteiger partial charge on any atom is 0.416 e. The quantitative estimate of drug-likeness (QED) is 0.385. The van der Waals surface area contributed by atoms with Gasteiger partial charge in [0.2, 0.25) is 5.95 Å². The Bertz CT molecular complexity index is 1380.